The fourth-order valence-electron chi connectivity index (χ4n) is 3.20. The van der Waals surface area contributed by atoms with Crippen molar-refractivity contribution in [3.8, 4) is 17.6 Å². The van der Waals surface area contributed by atoms with Gasteiger partial charge in [-0.1, -0.05) is 6.07 Å². The number of nitriles is 1. The van der Waals surface area contributed by atoms with Gasteiger partial charge in [-0.05, 0) is 79.2 Å². The summed E-state index contributed by atoms with van der Waals surface area (Å²) < 4.78 is 28.9. The lowest BCUT2D eigenvalue weighted by Crippen LogP contribution is -2.20. The molecule has 0 aliphatic heterocycles. The van der Waals surface area contributed by atoms with Gasteiger partial charge in [0.1, 0.15) is 17.5 Å². The van der Waals surface area contributed by atoms with Gasteiger partial charge in [0.25, 0.3) is 11.8 Å². The van der Waals surface area contributed by atoms with Crippen molar-refractivity contribution in [3.05, 3.63) is 89.2 Å². The molecule has 0 unspecified atom stereocenters. The lowest BCUT2D eigenvalue weighted by atomic mass is 10.1. The molecule has 3 aromatic rings. The third kappa shape index (κ3) is 7.66. The molecular formula is C28H24FN3O6. The number of hydrogen-bond acceptors (Lipinski definition) is 7. The molecule has 0 saturated carbocycles. The molecule has 0 aliphatic carbocycles. The van der Waals surface area contributed by atoms with Crippen LogP contribution in [0.25, 0.3) is 6.08 Å². The van der Waals surface area contributed by atoms with Crippen LogP contribution in [0.1, 0.15) is 22.8 Å². The topological polar surface area (TPSA) is 127 Å². The number of nitrogens with one attached hydrogen (secondary N) is 2. The fraction of sp³-hybridized carbons (Fsp3) is 0.143. The summed E-state index contributed by atoms with van der Waals surface area (Å²) in [6.07, 6.45) is 1.38. The molecule has 0 spiro atoms. The minimum absolute atomic E-state index is 0.170. The van der Waals surface area contributed by atoms with E-state index in [4.69, 9.17) is 9.47 Å². The minimum atomic E-state index is -0.644. The highest BCUT2D eigenvalue weighted by Crippen LogP contribution is 2.29. The molecule has 2 amide bonds. The number of ether oxygens (including phenoxy) is 3. The Balaban J connectivity index is 1.69. The van der Waals surface area contributed by atoms with Crippen molar-refractivity contribution in [2.45, 2.75) is 6.92 Å². The van der Waals surface area contributed by atoms with Gasteiger partial charge in [-0.3, -0.25) is 9.59 Å². The highest BCUT2D eigenvalue weighted by Gasteiger charge is 2.13. The second-order valence-corrected chi connectivity index (χ2v) is 7.68. The van der Waals surface area contributed by atoms with Crippen molar-refractivity contribution in [2.24, 2.45) is 0 Å². The Morgan fingerprint density at radius 1 is 0.921 bits per heavy atom. The number of rotatable bonds is 10. The van der Waals surface area contributed by atoms with E-state index in [0.717, 1.165) is 0 Å². The maximum atomic E-state index is 13.0. The number of amides is 2. The van der Waals surface area contributed by atoms with Crippen LogP contribution in [0.5, 0.6) is 11.5 Å². The first kappa shape index (κ1) is 27.4. The Kier molecular flexibility index (Phi) is 9.54. The number of carbonyl (C=O) groups excluding carboxylic acids is 3. The second-order valence-electron chi connectivity index (χ2n) is 7.68. The van der Waals surface area contributed by atoms with Gasteiger partial charge in [0.2, 0.25) is 0 Å². The molecular weight excluding hydrogens is 493 g/mol. The lowest BCUT2D eigenvalue weighted by molar-refractivity contribution is -0.118. The first-order chi connectivity index (χ1) is 18.3. The van der Waals surface area contributed by atoms with Crippen LogP contribution in [-0.2, 0) is 14.3 Å². The Bertz CT molecular complexity index is 1380. The summed E-state index contributed by atoms with van der Waals surface area (Å²) in [7, 11) is 1.27. The van der Waals surface area contributed by atoms with Crippen LogP contribution < -0.4 is 20.1 Å². The SMILES string of the molecule is CCOc1cc(/C=C(/C#N)C(=O)Nc2ccc(C(=O)OC)cc2)ccc1OCC(=O)Nc1ccc(F)cc1. The number of hydrogen-bond donors (Lipinski definition) is 2. The van der Waals surface area contributed by atoms with E-state index in [0.29, 0.717) is 34.9 Å². The molecule has 0 radical (unpaired) electrons. The average molecular weight is 518 g/mol. The van der Waals surface area contributed by atoms with E-state index in [9.17, 15) is 24.0 Å². The third-order valence-electron chi connectivity index (χ3n) is 4.99. The quantitative estimate of drug-likeness (QED) is 0.229. The number of benzene rings is 3. The van der Waals surface area contributed by atoms with Crippen LogP contribution in [0, 0.1) is 17.1 Å². The zero-order valence-corrected chi connectivity index (χ0v) is 20.6. The summed E-state index contributed by atoms with van der Waals surface area (Å²) in [5, 5.41) is 14.7. The number of esters is 1. The van der Waals surface area contributed by atoms with Crippen molar-refractivity contribution in [3.63, 3.8) is 0 Å². The molecule has 0 saturated heterocycles. The van der Waals surface area contributed by atoms with Crippen molar-refractivity contribution in [1.82, 2.24) is 0 Å². The van der Waals surface area contributed by atoms with Gasteiger partial charge in [-0.15, -0.1) is 0 Å². The molecule has 9 nitrogen and oxygen atoms in total. The highest BCUT2D eigenvalue weighted by molar-refractivity contribution is 6.09. The zero-order valence-electron chi connectivity index (χ0n) is 20.6. The summed E-state index contributed by atoms with van der Waals surface area (Å²) in [5.41, 5.74) is 1.45. The normalized spacial score (nSPS) is 10.6. The summed E-state index contributed by atoms with van der Waals surface area (Å²) in [5.74, 6) is -1.42. The van der Waals surface area contributed by atoms with E-state index in [2.05, 4.69) is 15.4 Å². The molecule has 194 valence electrons. The van der Waals surface area contributed by atoms with Gasteiger partial charge in [0.15, 0.2) is 18.1 Å². The summed E-state index contributed by atoms with van der Waals surface area (Å²) in [6, 6.07) is 17.9. The number of anilines is 2. The molecule has 0 aliphatic rings. The van der Waals surface area contributed by atoms with Crippen molar-refractivity contribution >= 4 is 35.2 Å². The molecule has 0 bridgehead atoms. The smallest absolute Gasteiger partial charge is 0.337 e. The number of halogens is 1. The lowest BCUT2D eigenvalue weighted by Gasteiger charge is -2.13. The molecule has 0 aromatic heterocycles. The number of nitrogens with zero attached hydrogens (tertiary/aromatic N) is 1. The third-order valence-corrected chi connectivity index (χ3v) is 4.99. The van der Waals surface area contributed by atoms with Crippen LogP contribution >= 0.6 is 0 Å². The van der Waals surface area contributed by atoms with Crippen LogP contribution in [0.2, 0.25) is 0 Å². The zero-order chi connectivity index (χ0) is 27.5. The van der Waals surface area contributed by atoms with Gasteiger partial charge in [0, 0.05) is 11.4 Å². The Morgan fingerprint density at radius 2 is 1.58 bits per heavy atom. The Hall–Kier alpha value is -5.17. The van der Waals surface area contributed by atoms with Crippen LogP contribution in [-0.4, -0.2) is 38.1 Å². The molecule has 0 heterocycles. The van der Waals surface area contributed by atoms with Crippen molar-refractivity contribution < 1.29 is 33.0 Å². The van der Waals surface area contributed by atoms with Crippen molar-refractivity contribution in [2.75, 3.05) is 31.0 Å². The molecule has 0 fully saturated rings. The van der Waals surface area contributed by atoms with E-state index in [-0.39, 0.29) is 17.9 Å². The van der Waals surface area contributed by atoms with Crippen LogP contribution in [0.4, 0.5) is 15.8 Å². The van der Waals surface area contributed by atoms with E-state index in [1.807, 2.05) is 6.07 Å². The first-order valence-corrected chi connectivity index (χ1v) is 11.4. The monoisotopic (exact) mass is 517 g/mol. The van der Waals surface area contributed by atoms with Gasteiger partial charge in [-0.2, -0.15) is 5.26 Å². The molecule has 38 heavy (non-hydrogen) atoms. The standard InChI is InChI=1S/C28H24FN3O6/c1-3-37-25-15-18(4-13-24(25)38-17-26(33)31-22-11-7-21(29)8-12-22)14-20(16-30)27(34)32-23-9-5-19(6-10-23)28(35)36-2/h4-15H,3,17H2,1-2H3,(H,31,33)(H,32,34)/b20-14-. The van der Waals surface area contributed by atoms with E-state index in [1.165, 1.54) is 61.7 Å². The largest absolute Gasteiger partial charge is 0.490 e. The molecule has 3 rings (SSSR count). The minimum Gasteiger partial charge on any atom is -0.490 e. The van der Waals surface area contributed by atoms with E-state index in [1.54, 1.807) is 25.1 Å². The maximum absolute atomic E-state index is 13.0. The molecule has 0 atom stereocenters. The van der Waals surface area contributed by atoms with Crippen LogP contribution in [0.3, 0.4) is 0 Å². The predicted octanol–water partition coefficient (Wildman–Crippen LogP) is 4.57. The summed E-state index contributed by atoms with van der Waals surface area (Å²) in [4.78, 5) is 36.4. The van der Waals surface area contributed by atoms with Gasteiger partial charge < -0.3 is 24.8 Å². The molecule has 2 N–H and O–H groups in total. The summed E-state index contributed by atoms with van der Waals surface area (Å²) in [6.45, 7) is 1.75. The van der Waals surface area contributed by atoms with Gasteiger partial charge >= 0.3 is 5.97 Å². The van der Waals surface area contributed by atoms with Gasteiger partial charge in [0.05, 0.1) is 19.3 Å². The Morgan fingerprint density at radius 3 is 2.21 bits per heavy atom. The fourth-order valence-corrected chi connectivity index (χ4v) is 3.20. The molecule has 3 aromatic carbocycles. The highest BCUT2D eigenvalue weighted by atomic mass is 19.1. The second kappa shape index (κ2) is 13.2. The molecule has 10 heteroatoms. The Labute approximate surface area is 218 Å². The number of methoxy groups -OCH3 is 1. The number of carbonyl (C=O) groups is 3. The predicted molar refractivity (Wildman–Crippen MR) is 138 cm³/mol. The first-order valence-electron chi connectivity index (χ1n) is 11.4. The van der Waals surface area contributed by atoms with E-state index < -0.39 is 23.6 Å². The van der Waals surface area contributed by atoms with Gasteiger partial charge in [-0.25, -0.2) is 9.18 Å². The van der Waals surface area contributed by atoms with Crippen LogP contribution in [0.15, 0.2) is 72.3 Å². The average Bonchev–Trinajstić information content (AvgIpc) is 2.92. The van der Waals surface area contributed by atoms with E-state index >= 15 is 0 Å². The van der Waals surface area contributed by atoms with Crippen molar-refractivity contribution in [1.29, 1.82) is 5.26 Å². The maximum Gasteiger partial charge on any atom is 0.337 e. The summed E-state index contributed by atoms with van der Waals surface area (Å²) >= 11 is 0.